The van der Waals surface area contributed by atoms with Crippen LogP contribution in [0.2, 0.25) is 0 Å². The van der Waals surface area contributed by atoms with Gasteiger partial charge in [0.2, 0.25) is 0 Å². The van der Waals surface area contributed by atoms with Gasteiger partial charge in [-0.3, -0.25) is 0 Å². The van der Waals surface area contributed by atoms with Crippen molar-refractivity contribution in [2.24, 2.45) is 23.2 Å². The lowest BCUT2D eigenvalue weighted by atomic mass is 9.52. The fourth-order valence-corrected chi connectivity index (χ4v) is 6.87. The first-order valence-electron chi connectivity index (χ1n) is 11.8. The molecule has 0 aromatic heterocycles. The molecular weight excluding hydrogens is 288 g/mol. The van der Waals surface area contributed by atoms with E-state index in [4.69, 9.17) is 0 Å². The second kappa shape index (κ2) is 9.63. The molecule has 0 amide bonds. The molecule has 0 aromatic rings. The minimum atomic E-state index is 0.792. The molecule has 0 aliphatic heterocycles. The third-order valence-corrected chi connectivity index (χ3v) is 8.34. The van der Waals surface area contributed by atoms with E-state index in [0.29, 0.717) is 0 Å². The summed E-state index contributed by atoms with van der Waals surface area (Å²) in [6.07, 6.45) is 29.3. The number of unbranched alkanes of at least 4 members (excludes halogenated alkanes) is 3. The first kappa shape index (κ1) is 18.8. The Kier molecular flexibility index (Phi) is 7.54. The summed E-state index contributed by atoms with van der Waals surface area (Å²) in [6, 6.07) is 0. The van der Waals surface area contributed by atoms with Crippen LogP contribution in [0, 0.1) is 23.2 Å². The minimum Gasteiger partial charge on any atom is -0.0654 e. The third-order valence-electron chi connectivity index (χ3n) is 8.34. The van der Waals surface area contributed by atoms with Crippen molar-refractivity contribution in [3.05, 3.63) is 0 Å². The van der Waals surface area contributed by atoms with Crippen LogP contribution in [0.15, 0.2) is 0 Å². The molecule has 0 bridgehead atoms. The van der Waals surface area contributed by atoms with E-state index in [-0.39, 0.29) is 0 Å². The van der Waals surface area contributed by atoms with Gasteiger partial charge in [0.25, 0.3) is 0 Å². The van der Waals surface area contributed by atoms with Gasteiger partial charge >= 0.3 is 0 Å². The van der Waals surface area contributed by atoms with E-state index < -0.39 is 0 Å². The van der Waals surface area contributed by atoms with Crippen molar-refractivity contribution in [2.45, 2.75) is 129 Å². The third kappa shape index (κ3) is 4.59. The molecule has 3 aliphatic carbocycles. The number of rotatable bonds is 7. The van der Waals surface area contributed by atoms with Crippen LogP contribution in [-0.2, 0) is 0 Å². The van der Waals surface area contributed by atoms with Gasteiger partial charge in [0, 0.05) is 0 Å². The van der Waals surface area contributed by atoms with Crippen LogP contribution in [0.4, 0.5) is 0 Å². The van der Waals surface area contributed by atoms with Crippen LogP contribution >= 0.6 is 0 Å². The molecule has 3 aliphatic rings. The van der Waals surface area contributed by atoms with Crippen molar-refractivity contribution in [3.63, 3.8) is 0 Å². The molecule has 0 heterocycles. The van der Waals surface area contributed by atoms with Crippen LogP contribution in [0.25, 0.3) is 0 Å². The van der Waals surface area contributed by atoms with E-state index in [9.17, 15) is 0 Å². The Hall–Kier alpha value is 0. The molecule has 3 saturated carbocycles. The molecule has 3 rings (SSSR count). The molecule has 140 valence electrons. The van der Waals surface area contributed by atoms with E-state index in [0.717, 1.165) is 23.2 Å². The quantitative estimate of drug-likeness (QED) is 0.411. The summed E-state index contributed by atoms with van der Waals surface area (Å²) in [5, 5.41) is 0. The Balaban J connectivity index is 1.57. The Morgan fingerprint density at radius 1 is 0.625 bits per heavy atom. The lowest BCUT2D eigenvalue weighted by molar-refractivity contribution is -0.0259. The van der Waals surface area contributed by atoms with Crippen molar-refractivity contribution in [1.82, 2.24) is 0 Å². The monoisotopic (exact) mass is 332 g/mol. The van der Waals surface area contributed by atoms with Gasteiger partial charge in [0.15, 0.2) is 0 Å². The zero-order valence-electron chi connectivity index (χ0n) is 16.7. The SMILES string of the molecule is CCCCCCC1CCC(C2CCCCC2)(C2CCCCC2)CC1. The summed E-state index contributed by atoms with van der Waals surface area (Å²) in [5.74, 6) is 3.30. The zero-order valence-corrected chi connectivity index (χ0v) is 16.7. The van der Waals surface area contributed by atoms with E-state index >= 15 is 0 Å². The van der Waals surface area contributed by atoms with E-state index in [1.54, 1.807) is 83.5 Å². The van der Waals surface area contributed by atoms with Crippen molar-refractivity contribution in [2.75, 3.05) is 0 Å². The maximum absolute atomic E-state index is 2.34. The van der Waals surface area contributed by atoms with Gasteiger partial charge < -0.3 is 0 Å². The van der Waals surface area contributed by atoms with Gasteiger partial charge in [-0.25, -0.2) is 0 Å². The van der Waals surface area contributed by atoms with E-state index in [1.807, 2.05) is 0 Å². The highest BCUT2D eigenvalue weighted by Gasteiger charge is 2.46. The second-order valence-electron chi connectivity index (χ2n) is 9.70. The summed E-state index contributed by atoms with van der Waals surface area (Å²) < 4.78 is 0. The lowest BCUT2D eigenvalue weighted by Gasteiger charge is -2.53. The Bertz CT molecular complexity index is 304. The first-order valence-corrected chi connectivity index (χ1v) is 11.8. The van der Waals surface area contributed by atoms with Crippen molar-refractivity contribution in [3.8, 4) is 0 Å². The topological polar surface area (TPSA) is 0 Å². The van der Waals surface area contributed by atoms with E-state index in [1.165, 1.54) is 38.5 Å². The average Bonchev–Trinajstić information content (AvgIpc) is 2.67. The van der Waals surface area contributed by atoms with Gasteiger partial charge in [-0.15, -0.1) is 0 Å². The van der Waals surface area contributed by atoms with Crippen LogP contribution < -0.4 is 0 Å². The highest BCUT2D eigenvalue weighted by molar-refractivity contribution is 4.97. The largest absolute Gasteiger partial charge is 0.0654 e. The molecular formula is C24H44. The number of hydrogen-bond acceptors (Lipinski definition) is 0. The van der Waals surface area contributed by atoms with Gasteiger partial charge in [-0.2, -0.15) is 0 Å². The van der Waals surface area contributed by atoms with E-state index in [2.05, 4.69) is 6.92 Å². The number of hydrogen-bond donors (Lipinski definition) is 0. The van der Waals surface area contributed by atoms with Crippen molar-refractivity contribution in [1.29, 1.82) is 0 Å². The fraction of sp³-hybridized carbons (Fsp3) is 1.00. The Labute approximate surface area is 152 Å². The van der Waals surface area contributed by atoms with Crippen molar-refractivity contribution < 1.29 is 0 Å². The molecule has 0 nitrogen and oxygen atoms in total. The standard InChI is InChI=1S/C24H44/c1-2-3-4-7-12-21-17-19-24(20-18-21,22-13-8-5-9-14-22)23-15-10-6-11-16-23/h21-23H,2-20H2,1H3. The van der Waals surface area contributed by atoms with Gasteiger partial charge in [0.05, 0.1) is 0 Å². The molecule has 3 fully saturated rings. The highest BCUT2D eigenvalue weighted by Crippen LogP contribution is 2.57. The molecule has 0 aromatic carbocycles. The summed E-state index contributed by atoms with van der Waals surface area (Å²) in [5.41, 5.74) is 0.792. The van der Waals surface area contributed by atoms with Crippen LogP contribution in [0.3, 0.4) is 0 Å². The second-order valence-corrected chi connectivity index (χ2v) is 9.70. The van der Waals surface area contributed by atoms with Gasteiger partial charge in [0.1, 0.15) is 0 Å². The minimum absolute atomic E-state index is 0.792. The van der Waals surface area contributed by atoms with Gasteiger partial charge in [-0.05, 0) is 74.5 Å². The maximum atomic E-state index is 2.34. The van der Waals surface area contributed by atoms with Gasteiger partial charge in [-0.1, -0.05) is 77.6 Å². The predicted octanol–water partition coefficient (Wildman–Crippen LogP) is 8.29. The first-order chi connectivity index (χ1) is 11.8. The summed E-state index contributed by atoms with van der Waals surface area (Å²) in [7, 11) is 0. The normalized spacial score (nSPS) is 27.4. The summed E-state index contributed by atoms with van der Waals surface area (Å²) in [6.45, 7) is 2.34. The molecule has 0 radical (unpaired) electrons. The molecule has 0 saturated heterocycles. The van der Waals surface area contributed by atoms with Crippen molar-refractivity contribution >= 4 is 0 Å². The fourth-order valence-electron chi connectivity index (χ4n) is 6.87. The summed E-state index contributed by atoms with van der Waals surface area (Å²) >= 11 is 0. The molecule has 0 heteroatoms. The average molecular weight is 333 g/mol. The Morgan fingerprint density at radius 2 is 1.17 bits per heavy atom. The van der Waals surface area contributed by atoms with Crippen LogP contribution in [0.5, 0.6) is 0 Å². The maximum Gasteiger partial charge on any atom is -0.0241 e. The molecule has 24 heavy (non-hydrogen) atoms. The highest BCUT2D eigenvalue weighted by atomic mass is 14.5. The van der Waals surface area contributed by atoms with Crippen LogP contribution in [0.1, 0.15) is 129 Å². The molecule has 0 N–H and O–H groups in total. The molecule has 0 atom stereocenters. The Morgan fingerprint density at radius 3 is 1.67 bits per heavy atom. The van der Waals surface area contributed by atoms with Crippen LogP contribution in [-0.4, -0.2) is 0 Å². The molecule has 0 spiro atoms. The molecule has 0 unspecified atom stereocenters. The smallest absolute Gasteiger partial charge is 0.0241 e. The predicted molar refractivity (Wildman–Crippen MR) is 106 cm³/mol. The summed E-state index contributed by atoms with van der Waals surface area (Å²) in [4.78, 5) is 0. The zero-order chi connectivity index (χ0) is 16.7. The lowest BCUT2D eigenvalue weighted by Crippen LogP contribution is -2.43.